The van der Waals surface area contributed by atoms with Crippen LogP contribution in [0.15, 0.2) is 84.9 Å². The van der Waals surface area contributed by atoms with Gasteiger partial charge in [0, 0.05) is 68.0 Å². The average Bonchev–Trinajstić information content (AvgIpc) is 3.58. The largest absolute Gasteiger partial charge is 0.368 e. The fourth-order valence-electron chi connectivity index (χ4n) is 7.16. The van der Waals surface area contributed by atoms with Crippen molar-refractivity contribution in [1.82, 2.24) is 15.3 Å². The van der Waals surface area contributed by atoms with Crippen LogP contribution in [-0.2, 0) is 18.4 Å². The SMILES string of the molecule is S=C(NCC1(c2cccc(Cl)c2)CCCC1)Nc1nc(N2CCN(c3ccccc3)CC2)cc(N2CCc3ccccc3C2)n1. The molecule has 2 fully saturated rings. The molecule has 0 amide bonds. The molecule has 1 saturated carbocycles. The van der Waals surface area contributed by atoms with Crippen LogP contribution in [0.4, 0.5) is 23.3 Å². The summed E-state index contributed by atoms with van der Waals surface area (Å²) in [6.45, 7) is 6.15. The summed E-state index contributed by atoms with van der Waals surface area (Å²) in [4.78, 5) is 17.2. The lowest BCUT2D eigenvalue weighted by Crippen LogP contribution is -2.47. The van der Waals surface area contributed by atoms with Gasteiger partial charge >= 0.3 is 0 Å². The van der Waals surface area contributed by atoms with E-state index in [1.54, 1.807) is 0 Å². The van der Waals surface area contributed by atoms with E-state index in [9.17, 15) is 0 Å². The van der Waals surface area contributed by atoms with Crippen molar-refractivity contribution in [1.29, 1.82) is 0 Å². The number of thiocarbonyl (C=S) groups is 1. The zero-order valence-corrected chi connectivity index (χ0v) is 27.2. The van der Waals surface area contributed by atoms with Gasteiger partial charge < -0.3 is 25.3 Å². The Morgan fingerprint density at radius 2 is 1.44 bits per heavy atom. The molecule has 0 bridgehead atoms. The molecule has 1 saturated heterocycles. The number of benzene rings is 3. The summed E-state index contributed by atoms with van der Waals surface area (Å²) >= 11 is 12.2. The van der Waals surface area contributed by atoms with Crippen molar-refractivity contribution in [2.45, 2.75) is 44.1 Å². The highest BCUT2D eigenvalue weighted by molar-refractivity contribution is 7.80. The highest BCUT2D eigenvalue weighted by Crippen LogP contribution is 2.41. The minimum atomic E-state index is 0.0180. The molecule has 7 nitrogen and oxygen atoms in total. The first-order valence-corrected chi connectivity index (χ1v) is 16.9. The van der Waals surface area contributed by atoms with Crippen LogP contribution < -0.4 is 25.3 Å². The molecule has 7 rings (SSSR count). The number of fused-ring (bicyclic) bond motifs is 1. The Bertz CT molecular complexity index is 1630. The van der Waals surface area contributed by atoms with Gasteiger partial charge in [-0.05, 0) is 72.4 Å². The van der Waals surface area contributed by atoms with E-state index in [1.165, 1.54) is 35.2 Å². The van der Waals surface area contributed by atoms with Gasteiger partial charge in [-0.15, -0.1) is 0 Å². The molecule has 0 atom stereocenters. The van der Waals surface area contributed by atoms with E-state index in [2.05, 4.69) is 98.1 Å². The Balaban J connectivity index is 1.10. The topological polar surface area (TPSA) is 59.6 Å². The Labute approximate surface area is 276 Å². The van der Waals surface area contributed by atoms with Gasteiger partial charge in [0.25, 0.3) is 0 Å². The summed E-state index contributed by atoms with van der Waals surface area (Å²) in [5.41, 5.74) is 5.34. The molecular formula is C36H40ClN7S. The van der Waals surface area contributed by atoms with Crippen molar-refractivity contribution in [3.05, 3.63) is 107 Å². The van der Waals surface area contributed by atoms with E-state index >= 15 is 0 Å². The minimum Gasteiger partial charge on any atom is -0.368 e. The van der Waals surface area contributed by atoms with Gasteiger partial charge in [-0.25, -0.2) is 0 Å². The highest BCUT2D eigenvalue weighted by atomic mass is 35.5. The summed E-state index contributed by atoms with van der Waals surface area (Å²) in [5.74, 6) is 2.40. The summed E-state index contributed by atoms with van der Waals surface area (Å²) in [5, 5.41) is 8.22. The number of rotatable bonds is 7. The molecule has 45 heavy (non-hydrogen) atoms. The number of nitrogens with one attached hydrogen (secondary N) is 2. The van der Waals surface area contributed by atoms with Crippen LogP contribution in [0.1, 0.15) is 42.4 Å². The number of piperazine rings is 1. The van der Waals surface area contributed by atoms with Gasteiger partial charge in [0.2, 0.25) is 5.95 Å². The van der Waals surface area contributed by atoms with Crippen molar-refractivity contribution in [3.63, 3.8) is 0 Å². The van der Waals surface area contributed by atoms with Gasteiger partial charge in [0.1, 0.15) is 11.6 Å². The maximum atomic E-state index is 6.39. The minimum absolute atomic E-state index is 0.0180. The van der Waals surface area contributed by atoms with Crippen LogP contribution >= 0.6 is 23.8 Å². The van der Waals surface area contributed by atoms with Gasteiger partial charge in [0.15, 0.2) is 5.11 Å². The predicted molar refractivity (Wildman–Crippen MR) is 190 cm³/mol. The van der Waals surface area contributed by atoms with Crippen molar-refractivity contribution in [2.75, 3.05) is 59.3 Å². The lowest BCUT2D eigenvalue weighted by Gasteiger charge is -2.37. The second-order valence-corrected chi connectivity index (χ2v) is 13.3. The number of aromatic nitrogens is 2. The first-order chi connectivity index (χ1) is 22.0. The molecule has 0 unspecified atom stereocenters. The Morgan fingerprint density at radius 1 is 0.756 bits per heavy atom. The van der Waals surface area contributed by atoms with E-state index in [0.29, 0.717) is 11.1 Å². The van der Waals surface area contributed by atoms with Crippen LogP contribution in [0.3, 0.4) is 0 Å². The maximum absolute atomic E-state index is 6.39. The summed E-state index contributed by atoms with van der Waals surface area (Å²) < 4.78 is 0. The third kappa shape index (κ3) is 6.72. The normalized spacial score (nSPS) is 17.6. The van der Waals surface area contributed by atoms with Crippen molar-refractivity contribution in [3.8, 4) is 0 Å². The quantitative estimate of drug-likeness (QED) is 0.214. The molecule has 232 valence electrons. The molecule has 2 aliphatic heterocycles. The standard InChI is InChI=1S/C36H40ClN7S/c37-30-12-8-11-29(23-30)36(16-6-7-17-36)26-38-35(45)41-34-39-32(43-21-19-42(20-22-43)31-13-2-1-3-14-31)24-33(40-34)44-18-15-27-9-4-5-10-28(27)25-44/h1-5,8-14,23-24H,6-7,15-22,25-26H2,(H2,38,39,40,41,45). The fraction of sp³-hybridized carbons (Fsp3) is 0.361. The number of anilines is 4. The Hall–Kier alpha value is -3.88. The summed E-state index contributed by atoms with van der Waals surface area (Å²) in [6, 6.07) is 29.8. The van der Waals surface area contributed by atoms with E-state index in [0.717, 1.165) is 81.7 Å². The third-order valence-corrected chi connectivity index (χ3v) is 10.2. The second-order valence-electron chi connectivity index (χ2n) is 12.5. The van der Waals surface area contributed by atoms with E-state index in [-0.39, 0.29) is 5.41 Å². The van der Waals surface area contributed by atoms with Crippen molar-refractivity contribution >= 4 is 52.2 Å². The molecule has 3 aromatic carbocycles. The van der Waals surface area contributed by atoms with Crippen LogP contribution in [0.2, 0.25) is 5.02 Å². The van der Waals surface area contributed by atoms with Gasteiger partial charge in [-0.1, -0.05) is 79.0 Å². The van der Waals surface area contributed by atoms with Crippen molar-refractivity contribution in [2.24, 2.45) is 0 Å². The number of para-hydroxylation sites is 1. The lowest BCUT2D eigenvalue weighted by molar-refractivity contribution is 0.435. The third-order valence-electron chi connectivity index (χ3n) is 9.69. The smallest absolute Gasteiger partial charge is 0.232 e. The monoisotopic (exact) mass is 637 g/mol. The summed E-state index contributed by atoms with van der Waals surface area (Å²) in [7, 11) is 0. The molecule has 4 aromatic rings. The maximum Gasteiger partial charge on any atom is 0.232 e. The number of hydrogen-bond acceptors (Lipinski definition) is 6. The lowest BCUT2D eigenvalue weighted by atomic mass is 9.79. The summed E-state index contributed by atoms with van der Waals surface area (Å²) in [6.07, 6.45) is 5.65. The van der Waals surface area contributed by atoms with Crippen molar-refractivity contribution < 1.29 is 0 Å². The van der Waals surface area contributed by atoms with Crippen LogP contribution in [-0.4, -0.2) is 54.3 Å². The Morgan fingerprint density at radius 3 is 2.20 bits per heavy atom. The molecule has 0 spiro atoms. The second kappa shape index (κ2) is 13.2. The predicted octanol–water partition coefficient (Wildman–Crippen LogP) is 6.82. The van der Waals surface area contributed by atoms with E-state index < -0.39 is 0 Å². The zero-order valence-electron chi connectivity index (χ0n) is 25.6. The van der Waals surface area contributed by atoms with E-state index in [1.807, 2.05) is 12.1 Å². The van der Waals surface area contributed by atoms with E-state index in [4.69, 9.17) is 33.8 Å². The fourth-order valence-corrected chi connectivity index (χ4v) is 7.51. The molecule has 1 aliphatic carbocycles. The molecule has 9 heteroatoms. The molecular weight excluding hydrogens is 598 g/mol. The molecule has 3 aliphatic rings. The van der Waals surface area contributed by atoms with Crippen LogP contribution in [0.25, 0.3) is 0 Å². The first-order valence-electron chi connectivity index (χ1n) is 16.1. The average molecular weight is 638 g/mol. The van der Waals surface area contributed by atoms with Gasteiger partial charge in [-0.2, -0.15) is 9.97 Å². The van der Waals surface area contributed by atoms with Crippen LogP contribution in [0, 0.1) is 0 Å². The molecule has 0 radical (unpaired) electrons. The Kier molecular flexibility index (Phi) is 8.77. The number of nitrogens with zero attached hydrogens (tertiary/aromatic N) is 5. The molecule has 1 aromatic heterocycles. The molecule has 2 N–H and O–H groups in total. The number of halogens is 1. The van der Waals surface area contributed by atoms with Gasteiger partial charge in [-0.3, -0.25) is 0 Å². The molecule has 3 heterocycles. The highest BCUT2D eigenvalue weighted by Gasteiger charge is 2.36. The van der Waals surface area contributed by atoms with Gasteiger partial charge in [0.05, 0.1) is 0 Å². The first kappa shape index (κ1) is 29.8. The van der Waals surface area contributed by atoms with Crippen LogP contribution in [0.5, 0.6) is 0 Å². The number of hydrogen-bond donors (Lipinski definition) is 2. The zero-order chi connectivity index (χ0) is 30.6.